The number of likely N-dealkylation sites (tertiary alicyclic amines) is 1. The summed E-state index contributed by atoms with van der Waals surface area (Å²) in [5.41, 5.74) is 3.17. The summed E-state index contributed by atoms with van der Waals surface area (Å²) in [4.78, 5) is 14.5. The quantitative estimate of drug-likeness (QED) is 0.926. The van der Waals surface area contributed by atoms with E-state index in [-0.39, 0.29) is 18.3 Å². The third-order valence-electron chi connectivity index (χ3n) is 4.05. The molecule has 1 fully saturated rings. The van der Waals surface area contributed by atoms with E-state index in [0.29, 0.717) is 0 Å². The van der Waals surface area contributed by atoms with E-state index in [2.05, 4.69) is 18.3 Å². The monoisotopic (exact) mass is 310 g/mol. The zero-order valence-corrected chi connectivity index (χ0v) is 14.1. The van der Waals surface area contributed by atoms with Crippen LogP contribution in [-0.4, -0.2) is 37.0 Å². The van der Waals surface area contributed by atoms with Gasteiger partial charge in [0.25, 0.3) is 5.91 Å². The number of halogens is 1. The van der Waals surface area contributed by atoms with Gasteiger partial charge in [0.05, 0.1) is 0 Å². The summed E-state index contributed by atoms with van der Waals surface area (Å²) in [5.74, 6) is 0.914. The van der Waals surface area contributed by atoms with Crippen LogP contribution in [0.1, 0.15) is 41.3 Å². The van der Waals surface area contributed by atoms with Gasteiger partial charge in [-0.2, -0.15) is 0 Å². The van der Waals surface area contributed by atoms with E-state index < -0.39 is 0 Å². The second-order valence-electron chi connectivity index (χ2n) is 5.92. The smallest absolute Gasteiger partial charge is 0.253 e. The van der Waals surface area contributed by atoms with Crippen LogP contribution in [0, 0.1) is 19.8 Å². The molecule has 0 aromatic heterocycles. The van der Waals surface area contributed by atoms with Crippen LogP contribution in [-0.2, 0) is 0 Å². The highest BCUT2D eigenvalue weighted by atomic mass is 35.5. The van der Waals surface area contributed by atoms with Crippen LogP contribution in [0.4, 0.5) is 0 Å². The van der Waals surface area contributed by atoms with Crippen molar-refractivity contribution in [1.82, 2.24) is 10.2 Å². The fourth-order valence-corrected chi connectivity index (χ4v) is 2.97. The van der Waals surface area contributed by atoms with E-state index in [1.54, 1.807) is 0 Å². The number of aryl methyl sites for hydroxylation is 2. The fraction of sp³-hybridized carbons (Fsp3) is 0.588. The molecule has 4 heteroatoms. The molecule has 0 aliphatic carbocycles. The fourth-order valence-electron chi connectivity index (χ4n) is 2.97. The minimum atomic E-state index is 0. The van der Waals surface area contributed by atoms with Crippen LogP contribution < -0.4 is 5.32 Å². The van der Waals surface area contributed by atoms with Gasteiger partial charge >= 0.3 is 0 Å². The number of benzene rings is 1. The Kier molecular flexibility index (Phi) is 7.20. The lowest BCUT2D eigenvalue weighted by Crippen LogP contribution is -2.40. The van der Waals surface area contributed by atoms with E-state index in [4.69, 9.17) is 0 Å². The first kappa shape index (κ1) is 18.0. The molecule has 0 unspecified atom stereocenters. The Morgan fingerprint density at radius 1 is 1.19 bits per heavy atom. The number of hydrogen-bond acceptors (Lipinski definition) is 2. The SMILES string of the molecule is CCNCC1CCN(C(=O)c2cc(C)cc(C)c2)CC1.Cl. The molecule has 1 N–H and O–H groups in total. The topological polar surface area (TPSA) is 32.3 Å². The first-order valence-corrected chi connectivity index (χ1v) is 7.68. The second kappa shape index (κ2) is 8.40. The summed E-state index contributed by atoms with van der Waals surface area (Å²) in [6, 6.07) is 6.11. The highest BCUT2D eigenvalue weighted by Crippen LogP contribution is 2.19. The van der Waals surface area contributed by atoms with Crippen molar-refractivity contribution in [2.45, 2.75) is 33.6 Å². The lowest BCUT2D eigenvalue weighted by atomic mass is 9.96. The van der Waals surface area contributed by atoms with E-state index >= 15 is 0 Å². The third-order valence-corrected chi connectivity index (χ3v) is 4.05. The zero-order valence-electron chi connectivity index (χ0n) is 13.3. The molecular formula is C17H27ClN2O. The lowest BCUT2D eigenvalue weighted by molar-refractivity contribution is 0.0690. The Hall–Kier alpha value is -1.06. The van der Waals surface area contributed by atoms with Crippen LogP contribution in [0.2, 0.25) is 0 Å². The number of rotatable bonds is 4. The van der Waals surface area contributed by atoms with Crippen LogP contribution >= 0.6 is 12.4 Å². The molecule has 2 rings (SSSR count). The summed E-state index contributed by atoms with van der Waals surface area (Å²) in [6.07, 6.45) is 2.23. The Balaban J connectivity index is 0.00000220. The van der Waals surface area contributed by atoms with Gasteiger partial charge in [-0.05, 0) is 57.8 Å². The number of amides is 1. The lowest BCUT2D eigenvalue weighted by Gasteiger charge is -2.32. The molecule has 1 heterocycles. The summed E-state index contributed by atoms with van der Waals surface area (Å²) in [7, 11) is 0. The minimum absolute atomic E-state index is 0. The van der Waals surface area contributed by atoms with Gasteiger partial charge in [-0.15, -0.1) is 12.4 Å². The van der Waals surface area contributed by atoms with Gasteiger partial charge in [-0.25, -0.2) is 0 Å². The standard InChI is InChI=1S/C17H26N2O.ClH/c1-4-18-12-15-5-7-19(8-6-15)17(20)16-10-13(2)9-14(3)11-16;/h9-11,15,18H,4-8,12H2,1-3H3;1H. The van der Waals surface area contributed by atoms with Gasteiger partial charge in [0.15, 0.2) is 0 Å². The van der Waals surface area contributed by atoms with E-state index in [1.165, 1.54) is 0 Å². The molecule has 1 saturated heterocycles. The highest BCUT2D eigenvalue weighted by Gasteiger charge is 2.23. The minimum Gasteiger partial charge on any atom is -0.339 e. The summed E-state index contributed by atoms with van der Waals surface area (Å²) in [5, 5.41) is 3.41. The average Bonchev–Trinajstić information content (AvgIpc) is 2.44. The molecule has 1 aromatic rings. The van der Waals surface area contributed by atoms with Crippen molar-refractivity contribution in [3.8, 4) is 0 Å². The first-order chi connectivity index (χ1) is 9.60. The van der Waals surface area contributed by atoms with E-state index in [1.807, 2.05) is 30.9 Å². The number of piperidine rings is 1. The van der Waals surface area contributed by atoms with Crippen molar-refractivity contribution >= 4 is 18.3 Å². The second-order valence-corrected chi connectivity index (χ2v) is 5.92. The van der Waals surface area contributed by atoms with Gasteiger partial charge in [0.1, 0.15) is 0 Å². The molecule has 21 heavy (non-hydrogen) atoms. The van der Waals surface area contributed by atoms with Crippen molar-refractivity contribution in [3.05, 3.63) is 34.9 Å². The molecule has 0 bridgehead atoms. The molecule has 0 atom stereocenters. The van der Waals surface area contributed by atoms with Gasteiger partial charge in [0.2, 0.25) is 0 Å². The molecule has 118 valence electrons. The molecule has 3 nitrogen and oxygen atoms in total. The largest absolute Gasteiger partial charge is 0.339 e. The molecule has 0 saturated carbocycles. The Morgan fingerprint density at radius 3 is 2.29 bits per heavy atom. The van der Waals surface area contributed by atoms with Crippen LogP contribution in [0.15, 0.2) is 18.2 Å². The summed E-state index contributed by atoms with van der Waals surface area (Å²) in [6.45, 7) is 10.1. The molecule has 1 amide bonds. The van der Waals surface area contributed by atoms with Gasteiger partial charge < -0.3 is 10.2 Å². The maximum atomic E-state index is 12.5. The number of hydrogen-bond donors (Lipinski definition) is 1. The van der Waals surface area contributed by atoms with Crippen molar-refractivity contribution in [2.75, 3.05) is 26.2 Å². The predicted octanol–water partition coefficient (Wildman–Crippen LogP) is 3.19. The van der Waals surface area contributed by atoms with Gasteiger partial charge in [-0.1, -0.05) is 24.1 Å². The van der Waals surface area contributed by atoms with E-state index in [0.717, 1.165) is 61.6 Å². The van der Waals surface area contributed by atoms with Crippen LogP contribution in [0.25, 0.3) is 0 Å². The maximum Gasteiger partial charge on any atom is 0.253 e. The number of carbonyl (C=O) groups is 1. The maximum absolute atomic E-state index is 12.5. The molecule has 0 spiro atoms. The van der Waals surface area contributed by atoms with Crippen molar-refractivity contribution in [2.24, 2.45) is 5.92 Å². The highest BCUT2D eigenvalue weighted by molar-refractivity contribution is 5.94. The van der Waals surface area contributed by atoms with Crippen LogP contribution in [0.5, 0.6) is 0 Å². The number of carbonyl (C=O) groups excluding carboxylic acids is 1. The van der Waals surface area contributed by atoms with Crippen molar-refractivity contribution < 1.29 is 4.79 Å². The van der Waals surface area contributed by atoms with Crippen molar-refractivity contribution in [3.63, 3.8) is 0 Å². The van der Waals surface area contributed by atoms with Gasteiger partial charge in [0, 0.05) is 18.7 Å². The molecule has 1 aliphatic heterocycles. The summed E-state index contributed by atoms with van der Waals surface area (Å²) >= 11 is 0. The Labute approximate surface area is 134 Å². The molecule has 0 radical (unpaired) electrons. The first-order valence-electron chi connectivity index (χ1n) is 7.68. The Bertz CT molecular complexity index is 448. The molecule has 1 aliphatic rings. The number of nitrogens with zero attached hydrogens (tertiary/aromatic N) is 1. The van der Waals surface area contributed by atoms with E-state index in [9.17, 15) is 4.79 Å². The van der Waals surface area contributed by atoms with Gasteiger partial charge in [-0.3, -0.25) is 4.79 Å². The normalized spacial score (nSPS) is 15.7. The molecular weight excluding hydrogens is 284 g/mol. The molecule has 1 aromatic carbocycles. The average molecular weight is 311 g/mol. The third kappa shape index (κ3) is 5.01. The number of nitrogens with one attached hydrogen (secondary N) is 1. The summed E-state index contributed by atoms with van der Waals surface area (Å²) < 4.78 is 0. The zero-order chi connectivity index (χ0) is 14.5. The van der Waals surface area contributed by atoms with Crippen molar-refractivity contribution in [1.29, 1.82) is 0 Å². The predicted molar refractivity (Wildman–Crippen MR) is 90.3 cm³/mol. The van der Waals surface area contributed by atoms with Crippen LogP contribution in [0.3, 0.4) is 0 Å². The Morgan fingerprint density at radius 2 is 1.76 bits per heavy atom.